The number of phenolic OH excluding ortho intramolecular Hbond substituents is 1. The van der Waals surface area contributed by atoms with Crippen LogP contribution in [-0.2, 0) is 24.5 Å². The lowest BCUT2D eigenvalue weighted by molar-refractivity contribution is -0.144. The van der Waals surface area contributed by atoms with Gasteiger partial charge in [-0.3, -0.25) is 9.59 Å². The van der Waals surface area contributed by atoms with Crippen molar-refractivity contribution < 1.29 is 24.2 Å². The van der Waals surface area contributed by atoms with Crippen molar-refractivity contribution in [2.24, 2.45) is 11.8 Å². The van der Waals surface area contributed by atoms with E-state index in [9.17, 15) is 14.7 Å². The van der Waals surface area contributed by atoms with Crippen LogP contribution in [0.4, 0.5) is 5.69 Å². The van der Waals surface area contributed by atoms with Crippen LogP contribution in [0.15, 0.2) is 18.2 Å². The Morgan fingerprint density at radius 1 is 1.24 bits per heavy atom. The van der Waals surface area contributed by atoms with Gasteiger partial charge in [0.15, 0.2) is 0 Å². The van der Waals surface area contributed by atoms with Crippen molar-refractivity contribution in [3.8, 4) is 5.75 Å². The van der Waals surface area contributed by atoms with Gasteiger partial charge >= 0.3 is 0 Å². The van der Waals surface area contributed by atoms with Crippen molar-refractivity contribution in [3.63, 3.8) is 0 Å². The van der Waals surface area contributed by atoms with Crippen LogP contribution in [0.1, 0.15) is 24.8 Å². The molecule has 6 aliphatic heterocycles. The zero-order valence-corrected chi connectivity index (χ0v) is 16.3. The molecule has 29 heavy (non-hydrogen) atoms. The van der Waals surface area contributed by atoms with Crippen LogP contribution in [0.2, 0.25) is 0 Å². The average Bonchev–Trinajstić information content (AvgIpc) is 3.28. The van der Waals surface area contributed by atoms with Gasteiger partial charge in [-0.1, -0.05) is 12.1 Å². The summed E-state index contributed by atoms with van der Waals surface area (Å²) in [6.07, 6.45) is 1.22. The van der Waals surface area contributed by atoms with Crippen LogP contribution in [0.25, 0.3) is 0 Å². The van der Waals surface area contributed by atoms with Crippen molar-refractivity contribution in [1.29, 1.82) is 0 Å². The summed E-state index contributed by atoms with van der Waals surface area (Å²) in [7, 11) is 2.09. The first kappa shape index (κ1) is 16.8. The van der Waals surface area contributed by atoms with Gasteiger partial charge in [0.25, 0.3) is 0 Å². The molecule has 1 aromatic carbocycles. The number of anilines is 1. The molecule has 2 spiro atoms. The second-order valence-corrected chi connectivity index (χ2v) is 9.79. The molecule has 152 valence electrons. The molecule has 1 N–H and O–H groups in total. The molecule has 1 aromatic rings. The van der Waals surface area contributed by atoms with Crippen LogP contribution < -0.4 is 4.90 Å². The van der Waals surface area contributed by atoms with E-state index < -0.39 is 5.41 Å². The predicted molar refractivity (Wildman–Crippen MR) is 102 cm³/mol. The highest BCUT2D eigenvalue weighted by molar-refractivity contribution is 6.07. The number of ether oxygens (including phenoxy) is 2. The lowest BCUT2D eigenvalue weighted by Gasteiger charge is -2.53. The van der Waals surface area contributed by atoms with E-state index in [0.717, 1.165) is 18.7 Å². The van der Waals surface area contributed by atoms with Crippen molar-refractivity contribution in [3.05, 3.63) is 23.8 Å². The largest absolute Gasteiger partial charge is 0.506 e. The quantitative estimate of drug-likeness (QED) is 0.654. The first-order valence-corrected chi connectivity index (χ1v) is 10.6. The molecule has 4 bridgehead atoms. The van der Waals surface area contributed by atoms with Crippen molar-refractivity contribution in [1.82, 2.24) is 4.90 Å². The number of rotatable bonds is 0. The Labute approximate surface area is 168 Å². The third-order valence-electron chi connectivity index (χ3n) is 8.67. The van der Waals surface area contributed by atoms with E-state index >= 15 is 0 Å². The number of carbonyl (C=O) groups is 2. The summed E-state index contributed by atoms with van der Waals surface area (Å²) in [6.45, 7) is 2.04. The van der Waals surface area contributed by atoms with Gasteiger partial charge in [0, 0.05) is 24.8 Å². The highest BCUT2D eigenvalue weighted by Gasteiger charge is 2.75. The van der Waals surface area contributed by atoms with E-state index in [4.69, 9.17) is 9.47 Å². The lowest BCUT2D eigenvalue weighted by atomic mass is 9.54. The number of para-hydroxylation sites is 1. The Hall–Kier alpha value is -1.96. The second kappa shape index (κ2) is 5.02. The van der Waals surface area contributed by atoms with Crippen LogP contribution in [0, 0.1) is 11.8 Å². The summed E-state index contributed by atoms with van der Waals surface area (Å²) in [5.41, 5.74) is 0.233. The number of nitrogens with zero attached hydrogens (tertiary/aromatic N) is 2. The molecule has 1 saturated carbocycles. The minimum Gasteiger partial charge on any atom is -0.506 e. The van der Waals surface area contributed by atoms with E-state index in [0.29, 0.717) is 31.6 Å². The second-order valence-electron chi connectivity index (χ2n) is 9.79. The van der Waals surface area contributed by atoms with Crippen LogP contribution >= 0.6 is 0 Å². The number of Topliss-reactive ketones (excluding diaryl/α,β-unsaturated/α-hetero) is 1. The maximum Gasteiger partial charge on any atom is 0.230 e. The Bertz CT molecular complexity index is 980. The third kappa shape index (κ3) is 1.74. The summed E-state index contributed by atoms with van der Waals surface area (Å²) in [4.78, 5) is 31.3. The Morgan fingerprint density at radius 3 is 2.97 bits per heavy atom. The molecule has 5 saturated heterocycles. The fraction of sp³-hybridized carbons (Fsp3) is 0.636. The maximum absolute atomic E-state index is 13.9. The lowest BCUT2D eigenvalue weighted by Crippen LogP contribution is -2.67. The van der Waals surface area contributed by atoms with Crippen molar-refractivity contribution in [2.45, 2.75) is 48.5 Å². The average molecular weight is 396 g/mol. The Balaban J connectivity index is 1.54. The smallest absolute Gasteiger partial charge is 0.230 e. The maximum atomic E-state index is 13.9. The topological polar surface area (TPSA) is 82.6 Å². The molecule has 6 heterocycles. The molecule has 6 fully saturated rings. The van der Waals surface area contributed by atoms with Gasteiger partial charge in [-0.15, -0.1) is 0 Å². The standard InChI is InChI=1S/C22H24N2O5/c1-23-6-5-21-11-3-2-4-13(25)19(11)24-17(27)8-14-18(20(21)24)12(7-15(21)26)22(10-23)16(29-22)9-28-14/h2-4,12,14,16,18,20,25H,5-10H2,1H3/t12-,14+,16-,18+,20+,21+,22+/m1/s1. The molecular formula is C22H24N2O5. The summed E-state index contributed by atoms with van der Waals surface area (Å²) in [5, 5.41) is 10.7. The number of likely N-dealkylation sites (N-methyl/N-ethyl adjacent to an activating group) is 1. The SMILES string of the molecule is CN1CC[C@@]23C(=O)C[C@@H]4[C@H]5[C@H](CC(=O)N(c6c(O)cccc62)[C@@H]53)OC[C@H]2O[C@@]42C1. The normalized spacial score (nSPS) is 47.1. The zero-order chi connectivity index (χ0) is 19.7. The van der Waals surface area contributed by atoms with E-state index in [-0.39, 0.29) is 53.1 Å². The van der Waals surface area contributed by atoms with Crippen molar-refractivity contribution in [2.75, 3.05) is 31.6 Å². The van der Waals surface area contributed by atoms with Gasteiger partial charge in [0.1, 0.15) is 23.2 Å². The molecule has 7 nitrogen and oxygen atoms in total. The number of piperidine rings is 1. The van der Waals surface area contributed by atoms with Gasteiger partial charge in [-0.2, -0.15) is 0 Å². The molecular weight excluding hydrogens is 372 g/mol. The molecule has 0 unspecified atom stereocenters. The number of hydrogen-bond acceptors (Lipinski definition) is 6. The highest BCUT2D eigenvalue weighted by atomic mass is 16.6. The van der Waals surface area contributed by atoms with E-state index in [1.54, 1.807) is 17.0 Å². The third-order valence-corrected chi connectivity index (χ3v) is 8.67. The molecule has 1 amide bonds. The van der Waals surface area contributed by atoms with Crippen LogP contribution in [0.3, 0.4) is 0 Å². The Morgan fingerprint density at radius 2 is 2.10 bits per heavy atom. The first-order valence-electron chi connectivity index (χ1n) is 10.6. The summed E-state index contributed by atoms with van der Waals surface area (Å²) >= 11 is 0. The fourth-order valence-electron chi connectivity index (χ4n) is 7.52. The molecule has 7 aliphatic rings. The minimum absolute atomic E-state index is 0.000293. The van der Waals surface area contributed by atoms with Crippen molar-refractivity contribution >= 4 is 17.4 Å². The van der Waals surface area contributed by atoms with Crippen LogP contribution in [0.5, 0.6) is 5.75 Å². The number of epoxide rings is 1. The minimum atomic E-state index is -0.776. The van der Waals surface area contributed by atoms with Gasteiger partial charge in [-0.25, -0.2) is 0 Å². The number of phenols is 1. The number of benzene rings is 1. The summed E-state index contributed by atoms with van der Waals surface area (Å²) < 4.78 is 12.5. The Kier molecular flexibility index (Phi) is 2.91. The molecule has 1 aliphatic carbocycles. The van der Waals surface area contributed by atoms with Crippen LogP contribution in [-0.4, -0.2) is 72.3 Å². The number of ketones is 1. The molecule has 7 heteroatoms. The molecule has 0 aromatic heterocycles. The number of fused-ring (bicyclic) bond motifs is 6. The number of amides is 1. The number of hydrogen-bond donors (Lipinski definition) is 1. The monoisotopic (exact) mass is 396 g/mol. The van der Waals surface area contributed by atoms with E-state index in [1.165, 1.54) is 0 Å². The van der Waals surface area contributed by atoms with Gasteiger partial charge in [-0.05, 0) is 31.6 Å². The highest BCUT2D eigenvalue weighted by Crippen LogP contribution is 2.65. The fourth-order valence-corrected chi connectivity index (χ4v) is 7.52. The van der Waals surface area contributed by atoms with E-state index in [1.807, 2.05) is 6.07 Å². The summed E-state index contributed by atoms with van der Waals surface area (Å²) in [6, 6.07) is 5.06. The number of aromatic hydroxyl groups is 1. The predicted octanol–water partition coefficient (Wildman–Crippen LogP) is 0.826. The molecule has 8 rings (SSSR count). The van der Waals surface area contributed by atoms with Gasteiger partial charge < -0.3 is 24.4 Å². The van der Waals surface area contributed by atoms with Gasteiger partial charge in [0.2, 0.25) is 5.91 Å². The zero-order valence-electron chi connectivity index (χ0n) is 16.3. The first-order chi connectivity index (χ1) is 14.0. The summed E-state index contributed by atoms with van der Waals surface area (Å²) in [5.74, 6) is 0.307. The molecule has 0 radical (unpaired) electrons. The molecule has 7 atom stereocenters. The number of carbonyl (C=O) groups excluding carboxylic acids is 2. The van der Waals surface area contributed by atoms with Gasteiger partial charge in [0.05, 0.1) is 36.3 Å². The van der Waals surface area contributed by atoms with E-state index in [2.05, 4.69) is 11.9 Å².